The second-order valence-electron chi connectivity index (χ2n) is 8.61. The molecule has 6 nitrogen and oxygen atoms in total. The molecule has 2 aromatic heterocycles. The lowest BCUT2D eigenvalue weighted by atomic mass is 9.92. The maximum absolute atomic E-state index is 13.5. The number of likely N-dealkylation sites (tertiary alicyclic amines) is 1. The number of benzene rings is 1. The van der Waals surface area contributed by atoms with E-state index >= 15 is 0 Å². The van der Waals surface area contributed by atoms with E-state index in [4.69, 9.17) is 0 Å². The van der Waals surface area contributed by atoms with E-state index in [1.54, 1.807) is 17.5 Å². The molecule has 7 heteroatoms. The van der Waals surface area contributed by atoms with E-state index < -0.39 is 5.69 Å². The number of rotatable bonds is 3. The summed E-state index contributed by atoms with van der Waals surface area (Å²) in [5, 5.41) is 1.80. The largest absolute Gasteiger partial charge is 0.341 e. The van der Waals surface area contributed by atoms with Crippen LogP contribution in [0, 0.1) is 25.7 Å². The van der Waals surface area contributed by atoms with Crippen LogP contribution in [0.15, 0.2) is 39.2 Å². The molecule has 1 saturated heterocycles. The van der Waals surface area contributed by atoms with Gasteiger partial charge in [0, 0.05) is 13.1 Å². The van der Waals surface area contributed by atoms with Crippen LogP contribution in [0.3, 0.4) is 0 Å². The zero-order chi connectivity index (χ0) is 21.6. The van der Waals surface area contributed by atoms with Gasteiger partial charge in [0.1, 0.15) is 11.2 Å². The summed E-state index contributed by atoms with van der Waals surface area (Å²) in [5.74, 6) is 0.813. The molecule has 3 aromatic rings. The summed E-state index contributed by atoms with van der Waals surface area (Å²) in [6.07, 6.45) is 1.11. The number of carbonyl (C=O) groups excluding carboxylic acids is 1. The number of hydrogen-bond acceptors (Lipinski definition) is 4. The van der Waals surface area contributed by atoms with Gasteiger partial charge in [-0.3, -0.25) is 14.2 Å². The van der Waals surface area contributed by atoms with Gasteiger partial charge < -0.3 is 4.90 Å². The van der Waals surface area contributed by atoms with Crippen molar-refractivity contribution in [1.82, 2.24) is 14.0 Å². The van der Waals surface area contributed by atoms with Crippen LogP contribution < -0.4 is 11.2 Å². The first-order valence-corrected chi connectivity index (χ1v) is 11.2. The van der Waals surface area contributed by atoms with E-state index in [0.29, 0.717) is 40.8 Å². The molecular formula is C23H27N3O3S. The van der Waals surface area contributed by atoms with Gasteiger partial charge >= 0.3 is 5.69 Å². The Morgan fingerprint density at radius 3 is 2.50 bits per heavy atom. The lowest BCUT2D eigenvalue weighted by Gasteiger charge is -2.35. The van der Waals surface area contributed by atoms with Crippen LogP contribution in [-0.2, 0) is 11.3 Å². The average molecular weight is 426 g/mol. The first kappa shape index (κ1) is 20.6. The third kappa shape index (κ3) is 3.51. The van der Waals surface area contributed by atoms with Crippen molar-refractivity contribution in [2.24, 2.45) is 11.8 Å². The Kier molecular flexibility index (Phi) is 5.40. The Bertz CT molecular complexity index is 1230. The van der Waals surface area contributed by atoms with Crippen molar-refractivity contribution >= 4 is 27.5 Å². The van der Waals surface area contributed by atoms with Gasteiger partial charge in [0.25, 0.3) is 5.56 Å². The van der Waals surface area contributed by atoms with E-state index in [1.165, 1.54) is 20.5 Å². The number of aromatic nitrogens is 2. The van der Waals surface area contributed by atoms with Gasteiger partial charge in [0.15, 0.2) is 0 Å². The minimum absolute atomic E-state index is 0.0589. The van der Waals surface area contributed by atoms with Crippen molar-refractivity contribution < 1.29 is 4.79 Å². The fraction of sp³-hybridized carbons (Fsp3) is 0.435. The SMILES string of the molecule is Cc1cccc(-n2c(=O)c3sccc3n(CC(=O)N3C[C@@H](C)C[C@H](C)C3)c2=O)c1C. The van der Waals surface area contributed by atoms with Crippen LogP contribution in [-0.4, -0.2) is 33.0 Å². The van der Waals surface area contributed by atoms with Crippen molar-refractivity contribution in [2.45, 2.75) is 40.7 Å². The minimum atomic E-state index is -0.467. The van der Waals surface area contributed by atoms with E-state index in [2.05, 4.69) is 13.8 Å². The normalized spacial score (nSPS) is 19.4. The molecule has 0 N–H and O–H groups in total. The molecule has 0 radical (unpaired) electrons. The van der Waals surface area contributed by atoms with Gasteiger partial charge in [-0.2, -0.15) is 0 Å². The Hall–Kier alpha value is -2.67. The Balaban J connectivity index is 1.84. The molecule has 3 heterocycles. The van der Waals surface area contributed by atoms with Crippen molar-refractivity contribution in [3.8, 4) is 5.69 Å². The first-order valence-electron chi connectivity index (χ1n) is 10.3. The predicted octanol–water partition coefficient (Wildman–Crippen LogP) is 3.34. The highest BCUT2D eigenvalue weighted by Gasteiger charge is 2.27. The van der Waals surface area contributed by atoms with E-state index in [1.807, 2.05) is 30.9 Å². The molecule has 1 aromatic carbocycles. The molecule has 0 spiro atoms. The topological polar surface area (TPSA) is 64.3 Å². The molecule has 158 valence electrons. The van der Waals surface area contributed by atoms with Gasteiger partial charge in [-0.05, 0) is 60.7 Å². The number of fused-ring (bicyclic) bond motifs is 1. The van der Waals surface area contributed by atoms with Gasteiger partial charge in [-0.1, -0.05) is 26.0 Å². The Morgan fingerprint density at radius 2 is 1.80 bits per heavy atom. The van der Waals surface area contributed by atoms with Crippen molar-refractivity contribution in [1.29, 1.82) is 0 Å². The van der Waals surface area contributed by atoms with Crippen LogP contribution in [0.25, 0.3) is 15.9 Å². The maximum atomic E-state index is 13.5. The van der Waals surface area contributed by atoms with Crippen molar-refractivity contribution in [3.63, 3.8) is 0 Å². The average Bonchev–Trinajstić information content (AvgIpc) is 3.17. The fourth-order valence-electron chi connectivity index (χ4n) is 4.53. The number of piperidine rings is 1. The quantitative estimate of drug-likeness (QED) is 0.647. The van der Waals surface area contributed by atoms with Crippen LogP contribution >= 0.6 is 11.3 Å². The molecular weight excluding hydrogens is 398 g/mol. The second-order valence-corrected chi connectivity index (χ2v) is 9.52. The molecule has 1 fully saturated rings. The zero-order valence-electron chi connectivity index (χ0n) is 17.8. The summed E-state index contributed by atoms with van der Waals surface area (Å²) in [6, 6.07) is 7.33. The summed E-state index contributed by atoms with van der Waals surface area (Å²) >= 11 is 1.30. The predicted molar refractivity (Wildman–Crippen MR) is 121 cm³/mol. The minimum Gasteiger partial charge on any atom is -0.341 e. The molecule has 0 saturated carbocycles. The zero-order valence-corrected chi connectivity index (χ0v) is 18.7. The second kappa shape index (κ2) is 7.87. The molecule has 4 rings (SSSR count). The number of thiophene rings is 1. The van der Waals surface area contributed by atoms with Crippen molar-refractivity contribution in [3.05, 3.63) is 61.6 Å². The summed E-state index contributed by atoms with van der Waals surface area (Å²) < 4.78 is 3.17. The highest BCUT2D eigenvalue weighted by atomic mass is 32.1. The Labute approximate surface area is 179 Å². The summed E-state index contributed by atoms with van der Waals surface area (Å²) in [5.41, 5.74) is 2.19. The lowest BCUT2D eigenvalue weighted by Crippen LogP contribution is -2.46. The van der Waals surface area contributed by atoms with Crippen LogP contribution in [0.2, 0.25) is 0 Å². The van der Waals surface area contributed by atoms with E-state index in [9.17, 15) is 14.4 Å². The Morgan fingerprint density at radius 1 is 1.10 bits per heavy atom. The van der Waals surface area contributed by atoms with E-state index in [-0.39, 0.29) is 18.0 Å². The number of aryl methyl sites for hydroxylation is 1. The number of hydrogen-bond donors (Lipinski definition) is 0. The number of amides is 1. The third-order valence-electron chi connectivity index (χ3n) is 6.09. The molecule has 0 bridgehead atoms. The van der Waals surface area contributed by atoms with Crippen LogP contribution in [0.4, 0.5) is 0 Å². The van der Waals surface area contributed by atoms with Gasteiger partial charge in [0.05, 0.1) is 11.2 Å². The summed E-state index contributed by atoms with van der Waals surface area (Å²) in [7, 11) is 0. The number of nitrogens with zero attached hydrogens (tertiary/aromatic N) is 3. The summed E-state index contributed by atoms with van der Waals surface area (Å²) in [6.45, 7) is 9.52. The van der Waals surface area contributed by atoms with Gasteiger partial charge in [-0.25, -0.2) is 9.36 Å². The first-order chi connectivity index (χ1) is 14.3. The fourth-order valence-corrected chi connectivity index (χ4v) is 5.36. The molecule has 30 heavy (non-hydrogen) atoms. The highest BCUT2D eigenvalue weighted by Crippen LogP contribution is 2.22. The number of carbonyl (C=O) groups is 1. The molecule has 0 aliphatic carbocycles. The summed E-state index contributed by atoms with van der Waals surface area (Å²) in [4.78, 5) is 41.6. The molecule has 1 aliphatic rings. The van der Waals surface area contributed by atoms with Gasteiger partial charge in [0.2, 0.25) is 5.91 Å². The van der Waals surface area contributed by atoms with Crippen LogP contribution in [0.1, 0.15) is 31.4 Å². The third-order valence-corrected chi connectivity index (χ3v) is 6.98. The van der Waals surface area contributed by atoms with Crippen LogP contribution in [0.5, 0.6) is 0 Å². The molecule has 1 aliphatic heterocycles. The van der Waals surface area contributed by atoms with Crippen molar-refractivity contribution in [2.75, 3.05) is 13.1 Å². The smallest absolute Gasteiger partial charge is 0.336 e. The maximum Gasteiger partial charge on any atom is 0.336 e. The van der Waals surface area contributed by atoms with Gasteiger partial charge in [-0.15, -0.1) is 11.3 Å². The van der Waals surface area contributed by atoms with E-state index in [0.717, 1.165) is 17.5 Å². The lowest BCUT2D eigenvalue weighted by molar-refractivity contribution is -0.134. The molecule has 0 unspecified atom stereocenters. The molecule has 1 amide bonds. The standard InChI is InChI=1S/C23H27N3O3S/c1-14-10-15(2)12-24(11-14)20(27)13-25-19-8-9-30-21(19)22(28)26(23(25)29)18-7-5-6-16(3)17(18)4/h5-9,14-15H,10-13H2,1-4H3/t14-,15-/m0/s1. The molecule has 2 atom stereocenters. The highest BCUT2D eigenvalue weighted by molar-refractivity contribution is 7.17. The monoisotopic (exact) mass is 425 g/mol.